The molecule has 0 atom stereocenters. The summed E-state index contributed by atoms with van der Waals surface area (Å²) >= 11 is 0. The van der Waals surface area contributed by atoms with Gasteiger partial charge >= 0.3 is 0 Å². The fourth-order valence-corrected chi connectivity index (χ4v) is 3.05. The molecule has 0 spiro atoms. The van der Waals surface area contributed by atoms with E-state index >= 15 is 0 Å². The van der Waals surface area contributed by atoms with E-state index in [1.54, 1.807) is 31.2 Å². The highest BCUT2D eigenvalue weighted by atomic mass is 32.2. The van der Waals surface area contributed by atoms with Gasteiger partial charge < -0.3 is 4.74 Å². The number of sulfonamides is 1. The van der Waals surface area contributed by atoms with E-state index in [0.29, 0.717) is 17.1 Å². The van der Waals surface area contributed by atoms with Gasteiger partial charge in [-0.15, -0.1) is 0 Å². The average Bonchev–Trinajstić information content (AvgIpc) is 2.48. The van der Waals surface area contributed by atoms with Crippen molar-refractivity contribution in [3.8, 4) is 11.9 Å². The normalized spacial score (nSPS) is 10.7. The Balaban J connectivity index is 2.36. The van der Waals surface area contributed by atoms with E-state index in [1.165, 1.54) is 19.4 Å². The molecule has 1 aromatic heterocycles. The maximum absolute atomic E-state index is 12.4. The third kappa shape index (κ3) is 3.30. The van der Waals surface area contributed by atoms with Crippen LogP contribution in [0.3, 0.4) is 0 Å². The van der Waals surface area contributed by atoms with Crippen molar-refractivity contribution in [2.75, 3.05) is 11.8 Å². The summed E-state index contributed by atoms with van der Waals surface area (Å²) in [6, 6.07) is 9.54. The van der Waals surface area contributed by atoms with Crippen molar-refractivity contribution < 1.29 is 13.2 Å². The molecule has 0 fully saturated rings. The molecule has 2 rings (SSSR count). The zero-order valence-corrected chi connectivity index (χ0v) is 12.3. The first-order valence-electron chi connectivity index (χ1n) is 6.00. The van der Waals surface area contributed by atoms with E-state index < -0.39 is 10.0 Å². The number of aryl methyl sites for hydroxylation is 1. The zero-order valence-electron chi connectivity index (χ0n) is 11.5. The third-order valence-corrected chi connectivity index (χ3v) is 4.33. The first-order valence-corrected chi connectivity index (χ1v) is 7.48. The quantitative estimate of drug-likeness (QED) is 0.933. The lowest BCUT2D eigenvalue weighted by molar-refractivity contribution is 0.398. The summed E-state index contributed by atoms with van der Waals surface area (Å²) in [7, 11) is -2.30. The number of benzene rings is 1. The van der Waals surface area contributed by atoms with Crippen molar-refractivity contribution in [2.24, 2.45) is 0 Å². The molecule has 6 nitrogen and oxygen atoms in total. The lowest BCUT2D eigenvalue weighted by atomic mass is 10.2. The van der Waals surface area contributed by atoms with Gasteiger partial charge in [-0.2, -0.15) is 5.26 Å². The number of methoxy groups -OCH3 is 1. The van der Waals surface area contributed by atoms with Gasteiger partial charge in [-0.3, -0.25) is 4.72 Å². The van der Waals surface area contributed by atoms with E-state index in [4.69, 9.17) is 10.00 Å². The van der Waals surface area contributed by atoms with E-state index in [2.05, 4.69) is 9.71 Å². The first kappa shape index (κ1) is 14.8. The van der Waals surface area contributed by atoms with Crippen molar-refractivity contribution in [3.63, 3.8) is 0 Å². The Morgan fingerprint density at radius 2 is 2.05 bits per heavy atom. The number of pyridine rings is 1. The third-order valence-electron chi connectivity index (χ3n) is 2.80. The van der Waals surface area contributed by atoms with Crippen LogP contribution in [-0.4, -0.2) is 20.5 Å². The van der Waals surface area contributed by atoms with Crippen LogP contribution in [0.5, 0.6) is 5.88 Å². The second-order valence-electron chi connectivity index (χ2n) is 4.29. The highest BCUT2D eigenvalue weighted by molar-refractivity contribution is 7.92. The number of aromatic nitrogens is 1. The minimum atomic E-state index is -3.78. The highest BCUT2D eigenvalue weighted by Crippen LogP contribution is 2.21. The van der Waals surface area contributed by atoms with E-state index in [9.17, 15) is 8.42 Å². The number of nitrogens with one attached hydrogen (secondary N) is 1. The summed E-state index contributed by atoms with van der Waals surface area (Å²) < 4.78 is 32.1. The monoisotopic (exact) mass is 303 g/mol. The van der Waals surface area contributed by atoms with Crippen LogP contribution in [-0.2, 0) is 10.0 Å². The molecule has 1 aromatic carbocycles. The minimum Gasteiger partial charge on any atom is -0.481 e. The van der Waals surface area contributed by atoms with Gasteiger partial charge in [0.1, 0.15) is 0 Å². The van der Waals surface area contributed by atoms with Gasteiger partial charge in [-0.1, -0.05) is 6.07 Å². The summed E-state index contributed by atoms with van der Waals surface area (Å²) in [4.78, 5) is 4.00. The zero-order chi connectivity index (χ0) is 15.5. The van der Waals surface area contributed by atoms with Crippen LogP contribution in [0.1, 0.15) is 11.1 Å². The Labute approximate surface area is 123 Å². The fourth-order valence-electron chi connectivity index (χ4n) is 1.73. The van der Waals surface area contributed by atoms with Gasteiger partial charge in [0.05, 0.1) is 35.5 Å². The Morgan fingerprint density at radius 1 is 1.29 bits per heavy atom. The molecule has 108 valence electrons. The summed E-state index contributed by atoms with van der Waals surface area (Å²) in [6.45, 7) is 1.67. The SMILES string of the molecule is COc1ccc(NS(=O)(=O)c2cc(C#N)ccc2C)cn1. The first-order chi connectivity index (χ1) is 9.96. The number of hydrogen-bond acceptors (Lipinski definition) is 5. The predicted molar refractivity (Wildman–Crippen MR) is 77.5 cm³/mol. The Bertz CT molecular complexity index is 793. The molecular weight excluding hydrogens is 290 g/mol. The van der Waals surface area contributed by atoms with Crippen LogP contribution >= 0.6 is 0 Å². The average molecular weight is 303 g/mol. The molecule has 0 radical (unpaired) electrons. The molecule has 21 heavy (non-hydrogen) atoms. The van der Waals surface area contributed by atoms with Crippen molar-refractivity contribution >= 4 is 15.7 Å². The van der Waals surface area contributed by atoms with Crippen LogP contribution in [0.15, 0.2) is 41.4 Å². The second-order valence-corrected chi connectivity index (χ2v) is 5.94. The van der Waals surface area contributed by atoms with Crippen molar-refractivity contribution in [3.05, 3.63) is 47.7 Å². The maximum Gasteiger partial charge on any atom is 0.262 e. The van der Waals surface area contributed by atoms with Crippen LogP contribution < -0.4 is 9.46 Å². The van der Waals surface area contributed by atoms with Gasteiger partial charge in [0, 0.05) is 6.07 Å². The summed E-state index contributed by atoms with van der Waals surface area (Å²) in [6.07, 6.45) is 1.36. The predicted octanol–water partition coefficient (Wildman–Crippen LogP) is 2.07. The maximum atomic E-state index is 12.4. The lowest BCUT2D eigenvalue weighted by Crippen LogP contribution is -2.14. The number of ether oxygens (including phenoxy) is 1. The van der Waals surface area contributed by atoms with Crippen molar-refractivity contribution in [1.29, 1.82) is 5.26 Å². The molecule has 1 heterocycles. The minimum absolute atomic E-state index is 0.0670. The molecule has 2 aromatic rings. The van der Waals surface area contributed by atoms with Gasteiger partial charge in [0.15, 0.2) is 0 Å². The van der Waals surface area contributed by atoms with E-state index in [1.807, 2.05) is 6.07 Å². The fraction of sp³-hybridized carbons (Fsp3) is 0.143. The largest absolute Gasteiger partial charge is 0.481 e. The van der Waals surface area contributed by atoms with Crippen LogP contribution in [0.2, 0.25) is 0 Å². The van der Waals surface area contributed by atoms with Crippen LogP contribution in [0.4, 0.5) is 5.69 Å². The molecule has 0 aliphatic carbocycles. The number of hydrogen-bond donors (Lipinski definition) is 1. The smallest absolute Gasteiger partial charge is 0.262 e. The topological polar surface area (TPSA) is 92.1 Å². The van der Waals surface area contributed by atoms with E-state index in [0.717, 1.165) is 0 Å². The Morgan fingerprint density at radius 3 is 2.62 bits per heavy atom. The van der Waals surface area contributed by atoms with Crippen LogP contribution in [0.25, 0.3) is 0 Å². The van der Waals surface area contributed by atoms with Gasteiger partial charge in [-0.05, 0) is 30.7 Å². The van der Waals surface area contributed by atoms with E-state index in [-0.39, 0.29) is 10.5 Å². The molecule has 7 heteroatoms. The van der Waals surface area contributed by atoms with Crippen molar-refractivity contribution in [1.82, 2.24) is 4.98 Å². The summed E-state index contributed by atoms with van der Waals surface area (Å²) in [5, 5.41) is 8.88. The lowest BCUT2D eigenvalue weighted by Gasteiger charge is -2.10. The highest BCUT2D eigenvalue weighted by Gasteiger charge is 2.17. The summed E-state index contributed by atoms with van der Waals surface area (Å²) in [5.74, 6) is 0.389. The molecule has 0 amide bonds. The standard InChI is InChI=1S/C14H13N3O3S/c1-10-3-4-11(8-15)7-13(10)21(18,19)17-12-5-6-14(20-2)16-9-12/h3-7,9,17H,1-2H3. The number of anilines is 1. The van der Waals surface area contributed by atoms with Crippen LogP contribution in [0, 0.1) is 18.3 Å². The Kier molecular flexibility index (Phi) is 4.10. The van der Waals surface area contributed by atoms with Crippen molar-refractivity contribution in [2.45, 2.75) is 11.8 Å². The molecule has 1 N–H and O–H groups in total. The number of rotatable bonds is 4. The summed E-state index contributed by atoms with van der Waals surface area (Å²) in [5.41, 5.74) is 1.16. The Hall–Kier alpha value is -2.59. The molecule has 0 aliphatic heterocycles. The molecule has 0 aliphatic rings. The van der Waals surface area contributed by atoms with Gasteiger partial charge in [0.25, 0.3) is 10.0 Å². The number of nitriles is 1. The molecular formula is C14H13N3O3S. The second kappa shape index (κ2) is 5.81. The van der Waals surface area contributed by atoms with Gasteiger partial charge in [-0.25, -0.2) is 13.4 Å². The molecule has 0 unspecified atom stereocenters. The molecule has 0 saturated heterocycles. The van der Waals surface area contributed by atoms with Gasteiger partial charge in [0.2, 0.25) is 5.88 Å². The number of nitrogens with zero attached hydrogens (tertiary/aromatic N) is 2. The molecule has 0 bridgehead atoms. The molecule has 0 saturated carbocycles.